The minimum Gasteiger partial charge on any atom is -0.330 e. The Kier molecular flexibility index (Phi) is 4.49. The zero-order chi connectivity index (χ0) is 18.3. The van der Waals surface area contributed by atoms with Gasteiger partial charge in [0, 0.05) is 11.1 Å². The van der Waals surface area contributed by atoms with Crippen molar-refractivity contribution in [2.75, 3.05) is 6.54 Å². The van der Waals surface area contributed by atoms with E-state index in [1.165, 1.54) is 4.90 Å². The van der Waals surface area contributed by atoms with Gasteiger partial charge >= 0.3 is 0 Å². The molecule has 5 heteroatoms. The highest BCUT2D eigenvalue weighted by atomic mass is 35.5. The summed E-state index contributed by atoms with van der Waals surface area (Å²) in [5.74, 6) is 0.0203. The number of fused-ring (bicyclic) bond motifs is 1. The number of imide groups is 1. The second-order valence-corrected chi connectivity index (χ2v) is 8.12. The van der Waals surface area contributed by atoms with Crippen LogP contribution in [0.5, 0.6) is 0 Å². The van der Waals surface area contributed by atoms with E-state index in [-0.39, 0.29) is 23.3 Å². The van der Waals surface area contributed by atoms with E-state index in [1.807, 2.05) is 12.2 Å². The molecule has 1 aliphatic heterocycles. The van der Waals surface area contributed by atoms with Crippen LogP contribution in [0.2, 0.25) is 0 Å². The lowest BCUT2D eigenvalue weighted by Crippen LogP contribution is -2.48. The molecule has 26 heavy (non-hydrogen) atoms. The topological polar surface area (TPSA) is 63.4 Å². The number of carbonyl (C=O) groups excluding carboxylic acids is 2. The van der Waals surface area contributed by atoms with E-state index >= 15 is 0 Å². The van der Waals surface area contributed by atoms with Crippen LogP contribution >= 0.6 is 11.6 Å². The van der Waals surface area contributed by atoms with Crippen molar-refractivity contribution < 1.29 is 9.59 Å². The predicted molar refractivity (Wildman–Crippen MR) is 102 cm³/mol. The molecule has 1 saturated carbocycles. The summed E-state index contributed by atoms with van der Waals surface area (Å²) in [6.45, 7) is 0.598. The van der Waals surface area contributed by atoms with Gasteiger partial charge in [-0.3, -0.25) is 14.5 Å². The zero-order valence-electron chi connectivity index (χ0n) is 14.7. The number of hydrogen-bond acceptors (Lipinski definition) is 3. The van der Waals surface area contributed by atoms with Crippen molar-refractivity contribution in [3.8, 4) is 0 Å². The summed E-state index contributed by atoms with van der Waals surface area (Å²) in [5.41, 5.74) is 7.25. The maximum absolute atomic E-state index is 12.7. The Morgan fingerprint density at radius 1 is 1.12 bits per heavy atom. The molecular weight excluding hydrogens is 348 g/mol. The fourth-order valence-corrected chi connectivity index (χ4v) is 5.00. The molecule has 2 aliphatic carbocycles. The first-order valence-corrected chi connectivity index (χ1v) is 9.63. The first-order chi connectivity index (χ1) is 12.6. The highest BCUT2D eigenvalue weighted by Gasteiger charge is 2.46. The molecule has 1 aromatic rings. The molecular formula is C21H23ClN2O2. The van der Waals surface area contributed by atoms with Crippen LogP contribution in [-0.4, -0.2) is 29.3 Å². The SMILES string of the molecule is NC[C@]1(C2C=CC=C(Cl)C2)CC[C@H](N2C(=O)c3ccccc3C2=O)CC1. The number of allylic oxidation sites excluding steroid dienone is 4. The number of rotatable bonds is 3. The second-order valence-electron chi connectivity index (χ2n) is 7.63. The lowest BCUT2D eigenvalue weighted by molar-refractivity contribution is 0.0418. The minimum absolute atomic E-state index is 0.0000702. The summed E-state index contributed by atoms with van der Waals surface area (Å²) < 4.78 is 0. The van der Waals surface area contributed by atoms with Gasteiger partial charge in [0.2, 0.25) is 0 Å². The Labute approximate surface area is 158 Å². The average molecular weight is 371 g/mol. The third-order valence-corrected chi connectivity index (χ3v) is 6.65. The highest BCUT2D eigenvalue weighted by Crippen LogP contribution is 2.47. The van der Waals surface area contributed by atoms with Crippen molar-refractivity contribution in [3.63, 3.8) is 0 Å². The van der Waals surface area contributed by atoms with Gasteiger partial charge in [0.1, 0.15) is 0 Å². The van der Waals surface area contributed by atoms with Gasteiger partial charge in [-0.05, 0) is 68.2 Å². The molecule has 2 N–H and O–H groups in total. The summed E-state index contributed by atoms with van der Waals surface area (Å²) in [4.78, 5) is 26.9. The molecule has 4 nitrogen and oxygen atoms in total. The molecule has 0 bridgehead atoms. The van der Waals surface area contributed by atoms with Crippen molar-refractivity contribution in [2.24, 2.45) is 17.1 Å². The van der Waals surface area contributed by atoms with E-state index in [2.05, 4.69) is 6.08 Å². The number of hydrogen-bond donors (Lipinski definition) is 1. The van der Waals surface area contributed by atoms with Crippen molar-refractivity contribution in [1.29, 1.82) is 0 Å². The van der Waals surface area contributed by atoms with Gasteiger partial charge < -0.3 is 5.73 Å². The second kappa shape index (κ2) is 6.67. The summed E-state index contributed by atoms with van der Waals surface area (Å²) in [6.07, 6.45) is 10.4. The first kappa shape index (κ1) is 17.5. The van der Waals surface area contributed by atoms with Crippen LogP contribution in [0.1, 0.15) is 52.8 Å². The Hall–Kier alpha value is -1.91. The predicted octanol–water partition coefficient (Wildman–Crippen LogP) is 3.87. The summed E-state index contributed by atoms with van der Waals surface area (Å²) >= 11 is 6.24. The van der Waals surface area contributed by atoms with Gasteiger partial charge in [0.15, 0.2) is 0 Å². The number of nitrogens with two attached hydrogens (primary N) is 1. The van der Waals surface area contributed by atoms with Gasteiger partial charge in [0.25, 0.3) is 11.8 Å². The van der Waals surface area contributed by atoms with Gasteiger partial charge in [-0.1, -0.05) is 35.9 Å². The number of nitrogens with zero attached hydrogens (tertiary/aromatic N) is 1. The Balaban J connectivity index is 1.50. The molecule has 0 radical (unpaired) electrons. The lowest BCUT2D eigenvalue weighted by Gasteiger charge is -2.46. The van der Waals surface area contributed by atoms with E-state index in [9.17, 15) is 9.59 Å². The maximum Gasteiger partial charge on any atom is 0.261 e. The van der Waals surface area contributed by atoms with Gasteiger partial charge in [-0.2, -0.15) is 0 Å². The van der Waals surface area contributed by atoms with E-state index in [4.69, 9.17) is 17.3 Å². The number of amides is 2. The molecule has 2 amide bonds. The van der Waals surface area contributed by atoms with Crippen LogP contribution in [0.4, 0.5) is 0 Å². The molecule has 1 fully saturated rings. The summed E-state index contributed by atoms with van der Waals surface area (Å²) in [6, 6.07) is 7.05. The molecule has 3 aliphatic rings. The quantitative estimate of drug-likeness (QED) is 0.821. The van der Waals surface area contributed by atoms with Crippen molar-refractivity contribution in [3.05, 3.63) is 58.7 Å². The van der Waals surface area contributed by atoms with Gasteiger partial charge in [-0.25, -0.2) is 0 Å². The van der Waals surface area contributed by atoms with Crippen LogP contribution in [0.3, 0.4) is 0 Å². The number of benzene rings is 1. The molecule has 1 heterocycles. The van der Waals surface area contributed by atoms with Gasteiger partial charge in [0.05, 0.1) is 11.1 Å². The van der Waals surface area contributed by atoms with E-state index in [1.54, 1.807) is 24.3 Å². The molecule has 1 unspecified atom stereocenters. The minimum atomic E-state index is -0.153. The van der Waals surface area contributed by atoms with E-state index in [0.717, 1.165) is 37.1 Å². The average Bonchev–Trinajstić information content (AvgIpc) is 2.93. The molecule has 0 spiro atoms. The van der Waals surface area contributed by atoms with Crippen LogP contribution < -0.4 is 5.73 Å². The summed E-state index contributed by atoms with van der Waals surface area (Å²) in [7, 11) is 0. The van der Waals surface area contributed by atoms with Crippen LogP contribution in [-0.2, 0) is 0 Å². The Bertz CT molecular complexity index is 771. The molecule has 1 atom stereocenters. The fourth-order valence-electron chi connectivity index (χ4n) is 4.76. The van der Waals surface area contributed by atoms with E-state index in [0.29, 0.717) is 23.6 Å². The van der Waals surface area contributed by atoms with Crippen LogP contribution in [0, 0.1) is 11.3 Å². The maximum atomic E-state index is 12.7. The zero-order valence-corrected chi connectivity index (χ0v) is 15.4. The molecule has 0 saturated heterocycles. The third kappa shape index (κ3) is 2.72. The van der Waals surface area contributed by atoms with Gasteiger partial charge in [-0.15, -0.1) is 0 Å². The monoisotopic (exact) mass is 370 g/mol. The standard InChI is InChI=1S/C21H23ClN2O2/c22-15-5-3-4-14(12-15)21(13-23)10-8-16(9-11-21)24-19(25)17-6-1-2-7-18(17)20(24)26/h1-7,14,16H,8-13,23H2/t14?,16-,21-. The van der Waals surface area contributed by atoms with Crippen molar-refractivity contribution in [1.82, 2.24) is 4.90 Å². The van der Waals surface area contributed by atoms with Crippen LogP contribution in [0.15, 0.2) is 47.5 Å². The third-order valence-electron chi connectivity index (χ3n) is 6.37. The molecule has 0 aromatic heterocycles. The smallest absolute Gasteiger partial charge is 0.261 e. The summed E-state index contributed by atoms with van der Waals surface area (Å²) in [5, 5.41) is 0.868. The normalized spacial score (nSPS) is 31.2. The van der Waals surface area contributed by atoms with E-state index < -0.39 is 0 Å². The molecule has 136 valence electrons. The number of carbonyl (C=O) groups is 2. The largest absolute Gasteiger partial charge is 0.330 e. The highest BCUT2D eigenvalue weighted by molar-refractivity contribution is 6.29. The molecule has 1 aromatic carbocycles. The number of halogens is 1. The van der Waals surface area contributed by atoms with Crippen molar-refractivity contribution in [2.45, 2.75) is 38.1 Å². The lowest BCUT2D eigenvalue weighted by atomic mass is 9.63. The fraction of sp³-hybridized carbons (Fsp3) is 0.429. The Morgan fingerprint density at radius 2 is 1.73 bits per heavy atom. The van der Waals surface area contributed by atoms with Crippen molar-refractivity contribution >= 4 is 23.4 Å². The Morgan fingerprint density at radius 3 is 2.27 bits per heavy atom. The molecule has 4 rings (SSSR count). The van der Waals surface area contributed by atoms with Crippen LogP contribution in [0.25, 0.3) is 0 Å². The first-order valence-electron chi connectivity index (χ1n) is 9.25.